The molecular weight excluding hydrogens is 290 g/mol. The molecular formula is C13H13N5O4. The lowest BCUT2D eigenvalue weighted by molar-refractivity contribution is -0.120. The third-order valence-corrected chi connectivity index (χ3v) is 3.07. The van der Waals surface area contributed by atoms with Crippen LogP contribution >= 0.6 is 0 Å². The Morgan fingerprint density at radius 1 is 1.36 bits per heavy atom. The summed E-state index contributed by atoms with van der Waals surface area (Å²) in [4.78, 5) is 35.0. The number of imide groups is 1. The number of nitrogens with one attached hydrogen (secondary N) is 2. The number of carbonyl (C=O) groups is 2. The molecule has 22 heavy (non-hydrogen) atoms. The number of carbonyl (C=O) groups excluding carboxylic acids is 2. The van der Waals surface area contributed by atoms with E-state index in [4.69, 9.17) is 4.42 Å². The van der Waals surface area contributed by atoms with Crippen molar-refractivity contribution in [2.75, 3.05) is 0 Å². The monoisotopic (exact) mass is 303 g/mol. The SMILES string of the molecule is O=C(Cn1cc(-c2nnco2)ccc1=O)NC(=O)NC1CC1. The summed E-state index contributed by atoms with van der Waals surface area (Å²) < 4.78 is 6.20. The van der Waals surface area contributed by atoms with Crippen LogP contribution in [0.4, 0.5) is 4.79 Å². The summed E-state index contributed by atoms with van der Waals surface area (Å²) in [6.07, 6.45) is 4.44. The lowest BCUT2D eigenvalue weighted by Crippen LogP contribution is -2.42. The van der Waals surface area contributed by atoms with E-state index in [0.717, 1.165) is 12.8 Å². The number of nitrogens with zero attached hydrogens (tertiary/aromatic N) is 3. The summed E-state index contributed by atoms with van der Waals surface area (Å²) in [5.74, 6) is -0.344. The van der Waals surface area contributed by atoms with E-state index >= 15 is 0 Å². The van der Waals surface area contributed by atoms with Crippen LogP contribution in [0.3, 0.4) is 0 Å². The molecule has 3 amide bonds. The average molecular weight is 303 g/mol. The molecule has 2 aromatic heterocycles. The van der Waals surface area contributed by atoms with Crippen LogP contribution in [0, 0.1) is 0 Å². The van der Waals surface area contributed by atoms with Gasteiger partial charge in [-0.05, 0) is 18.9 Å². The van der Waals surface area contributed by atoms with Crippen molar-refractivity contribution >= 4 is 11.9 Å². The van der Waals surface area contributed by atoms with Crippen LogP contribution in [0.1, 0.15) is 12.8 Å². The van der Waals surface area contributed by atoms with Gasteiger partial charge in [-0.15, -0.1) is 10.2 Å². The Morgan fingerprint density at radius 2 is 2.18 bits per heavy atom. The van der Waals surface area contributed by atoms with Crippen LogP contribution in [0.2, 0.25) is 0 Å². The molecule has 1 aliphatic carbocycles. The standard InChI is InChI=1S/C13H13N5O4/c19-10(16-13(21)15-9-2-3-9)6-18-5-8(1-4-11(18)20)12-17-14-7-22-12/h1,4-5,7,9H,2-3,6H2,(H2,15,16,19,21). The maximum atomic E-state index is 11.8. The van der Waals surface area contributed by atoms with Crippen LogP contribution in [0.15, 0.2) is 33.9 Å². The molecule has 0 aliphatic heterocycles. The van der Waals surface area contributed by atoms with Gasteiger partial charge in [0.2, 0.25) is 18.2 Å². The second-order valence-electron chi connectivity index (χ2n) is 4.92. The molecule has 2 aromatic rings. The van der Waals surface area contributed by atoms with Crippen LogP contribution in [-0.4, -0.2) is 32.7 Å². The molecule has 9 heteroatoms. The van der Waals surface area contributed by atoms with E-state index in [1.807, 2.05) is 0 Å². The van der Waals surface area contributed by atoms with Crippen molar-refractivity contribution < 1.29 is 14.0 Å². The predicted molar refractivity (Wildman–Crippen MR) is 73.7 cm³/mol. The van der Waals surface area contributed by atoms with Crippen molar-refractivity contribution in [3.05, 3.63) is 35.1 Å². The van der Waals surface area contributed by atoms with Crippen LogP contribution in [-0.2, 0) is 11.3 Å². The highest BCUT2D eigenvalue weighted by Gasteiger charge is 2.23. The first kappa shape index (κ1) is 14.0. The smallest absolute Gasteiger partial charge is 0.321 e. The molecule has 3 rings (SSSR count). The minimum atomic E-state index is -0.581. The van der Waals surface area contributed by atoms with E-state index in [1.165, 1.54) is 29.3 Å². The molecule has 0 atom stereocenters. The van der Waals surface area contributed by atoms with Crippen LogP contribution < -0.4 is 16.2 Å². The molecule has 0 unspecified atom stereocenters. The zero-order valence-electron chi connectivity index (χ0n) is 11.5. The van der Waals surface area contributed by atoms with Crippen molar-refractivity contribution in [2.24, 2.45) is 0 Å². The van der Waals surface area contributed by atoms with E-state index in [1.54, 1.807) is 0 Å². The highest BCUT2D eigenvalue weighted by Crippen LogP contribution is 2.18. The first-order valence-corrected chi connectivity index (χ1v) is 6.69. The second-order valence-corrected chi connectivity index (χ2v) is 4.92. The van der Waals surface area contributed by atoms with E-state index < -0.39 is 11.9 Å². The maximum Gasteiger partial charge on any atom is 0.321 e. The molecule has 1 saturated carbocycles. The molecule has 0 spiro atoms. The number of pyridine rings is 1. The number of hydrogen-bond acceptors (Lipinski definition) is 6. The Morgan fingerprint density at radius 3 is 2.86 bits per heavy atom. The first-order chi connectivity index (χ1) is 10.6. The Hall–Kier alpha value is -2.97. The normalized spacial score (nSPS) is 13.6. The summed E-state index contributed by atoms with van der Waals surface area (Å²) in [6.45, 7) is -0.279. The summed E-state index contributed by atoms with van der Waals surface area (Å²) in [5, 5.41) is 12.1. The first-order valence-electron chi connectivity index (χ1n) is 6.69. The summed E-state index contributed by atoms with van der Waals surface area (Å²) in [5.41, 5.74) is 0.133. The second kappa shape index (κ2) is 5.80. The molecule has 0 radical (unpaired) electrons. The van der Waals surface area contributed by atoms with Crippen molar-refractivity contribution in [3.63, 3.8) is 0 Å². The fourth-order valence-corrected chi connectivity index (χ4v) is 1.85. The zero-order chi connectivity index (χ0) is 15.5. The van der Waals surface area contributed by atoms with Gasteiger partial charge in [0, 0.05) is 18.3 Å². The topological polar surface area (TPSA) is 119 Å². The van der Waals surface area contributed by atoms with Crippen molar-refractivity contribution in [1.82, 2.24) is 25.4 Å². The fraction of sp³-hybridized carbons (Fsp3) is 0.308. The number of hydrogen-bond donors (Lipinski definition) is 2. The molecule has 2 N–H and O–H groups in total. The van der Waals surface area contributed by atoms with Gasteiger partial charge in [0.25, 0.3) is 5.56 Å². The average Bonchev–Trinajstić information content (AvgIpc) is 3.11. The van der Waals surface area contributed by atoms with Gasteiger partial charge >= 0.3 is 6.03 Å². The number of aromatic nitrogens is 3. The van der Waals surface area contributed by atoms with E-state index in [-0.39, 0.29) is 24.0 Å². The van der Waals surface area contributed by atoms with Gasteiger partial charge < -0.3 is 14.3 Å². The molecule has 2 heterocycles. The molecule has 1 aliphatic rings. The molecule has 0 bridgehead atoms. The van der Waals surface area contributed by atoms with E-state index in [2.05, 4.69) is 20.8 Å². The number of amides is 3. The fourth-order valence-electron chi connectivity index (χ4n) is 1.85. The van der Waals surface area contributed by atoms with E-state index in [9.17, 15) is 14.4 Å². The molecule has 1 fully saturated rings. The highest BCUT2D eigenvalue weighted by atomic mass is 16.4. The summed E-state index contributed by atoms with van der Waals surface area (Å²) in [6, 6.07) is 2.41. The Labute approximate surface area is 124 Å². The zero-order valence-corrected chi connectivity index (χ0v) is 11.5. The largest absolute Gasteiger partial charge is 0.423 e. The van der Waals surface area contributed by atoms with E-state index in [0.29, 0.717) is 5.56 Å². The lowest BCUT2D eigenvalue weighted by atomic mass is 10.3. The minimum Gasteiger partial charge on any atom is -0.423 e. The van der Waals surface area contributed by atoms with Gasteiger partial charge in [-0.2, -0.15) is 0 Å². The van der Waals surface area contributed by atoms with Gasteiger partial charge in [0.05, 0.1) is 5.56 Å². The third kappa shape index (κ3) is 3.37. The maximum absolute atomic E-state index is 11.8. The number of rotatable bonds is 4. The van der Waals surface area contributed by atoms with Gasteiger partial charge in [-0.25, -0.2) is 4.79 Å². The van der Waals surface area contributed by atoms with Gasteiger partial charge in [-0.1, -0.05) is 0 Å². The molecule has 0 aromatic carbocycles. The molecule has 114 valence electrons. The lowest BCUT2D eigenvalue weighted by Gasteiger charge is -2.08. The van der Waals surface area contributed by atoms with Crippen LogP contribution in [0.5, 0.6) is 0 Å². The Balaban J connectivity index is 1.68. The molecule has 9 nitrogen and oxygen atoms in total. The van der Waals surface area contributed by atoms with Crippen LogP contribution in [0.25, 0.3) is 11.5 Å². The number of urea groups is 1. The highest BCUT2D eigenvalue weighted by molar-refractivity contribution is 5.94. The van der Waals surface area contributed by atoms with Gasteiger partial charge in [0.15, 0.2) is 0 Å². The van der Waals surface area contributed by atoms with Crippen molar-refractivity contribution in [2.45, 2.75) is 25.4 Å². The van der Waals surface area contributed by atoms with Gasteiger partial charge in [-0.3, -0.25) is 14.9 Å². The third-order valence-electron chi connectivity index (χ3n) is 3.07. The van der Waals surface area contributed by atoms with Crippen molar-refractivity contribution in [1.29, 1.82) is 0 Å². The summed E-state index contributed by atoms with van der Waals surface area (Å²) in [7, 11) is 0. The predicted octanol–water partition coefficient (Wildman–Crippen LogP) is -0.114. The molecule has 0 saturated heterocycles. The Kier molecular flexibility index (Phi) is 3.69. The van der Waals surface area contributed by atoms with Crippen molar-refractivity contribution in [3.8, 4) is 11.5 Å². The van der Waals surface area contributed by atoms with Gasteiger partial charge in [0.1, 0.15) is 6.54 Å². The quantitative estimate of drug-likeness (QED) is 0.813. The Bertz CT molecular complexity index is 748. The summed E-state index contributed by atoms with van der Waals surface area (Å²) >= 11 is 0. The minimum absolute atomic E-state index is 0.149.